The van der Waals surface area contributed by atoms with E-state index in [1.807, 2.05) is 0 Å². The van der Waals surface area contributed by atoms with Crippen LogP contribution >= 0.6 is 0 Å². The Bertz CT molecular complexity index is 206. The first-order chi connectivity index (χ1) is 7.15. The van der Waals surface area contributed by atoms with Crippen molar-refractivity contribution in [1.82, 2.24) is 4.90 Å². The second-order valence-electron chi connectivity index (χ2n) is 4.22. The molecule has 88 valence electrons. The average Bonchev–Trinajstić information content (AvgIpc) is 2.65. The number of carbonyl (C=O) groups is 1. The fraction of sp³-hybridized carbons (Fsp3) is 0.909. The zero-order chi connectivity index (χ0) is 11.3. The lowest BCUT2D eigenvalue weighted by molar-refractivity contribution is -0.146. The summed E-state index contributed by atoms with van der Waals surface area (Å²) < 4.78 is 9.85. The maximum absolute atomic E-state index is 10.8. The van der Waals surface area contributed by atoms with Crippen molar-refractivity contribution >= 4 is 5.97 Å². The van der Waals surface area contributed by atoms with Crippen LogP contribution in [0.25, 0.3) is 0 Å². The molecule has 1 heterocycles. The Hall–Kier alpha value is -0.610. The van der Waals surface area contributed by atoms with E-state index in [0.717, 1.165) is 6.54 Å². The second-order valence-corrected chi connectivity index (χ2v) is 4.22. The number of likely N-dealkylation sites (tertiary alicyclic amines) is 1. The molecule has 0 amide bonds. The van der Waals surface area contributed by atoms with E-state index in [0.29, 0.717) is 18.7 Å². The molecule has 15 heavy (non-hydrogen) atoms. The van der Waals surface area contributed by atoms with E-state index in [1.54, 1.807) is 0 Å². The molecule has 0 aliphatic carbocycles. The van der Waals surface area contributed by atoms with E-state index >= 15 is 0 Å². The van der Waals surface area contributed by atoms with E-state index in [4.69, 9.17) is 4.74 Å². The molecular weight excluding hydrogens is 194 g/mol. The molecule has 0 saturated carbocycles. The smallest absolute Gasteiger partial charge is 0.331 e. The fourth-order valence-electron chi connectivity index (χ4n) is 2.05. The molecule has 0 aromatic heterocycles. The molecule has 1 aliphatic heterocycles. The molecule has 0 unspecified atom stereocenters. The summed E-state index contributed by atoms with van der Waals surface area (Å²) in [5, 5.41) is 0. The SMILES string of the molecule is COC(=O)COC[C@@H]1CCCN1C(C)C. The van der Waals surface area contributed by atoms with Crippen LogP contribution < -0.4 is 0 Å². The van der Waals surface area contributed by atoms with Crippen molar-refractivity contribution in [2.24, 2.45) is 0 Å². The summed E-state index contributed by atoms with van der Waals surface area (Å²) >= 11 is 0. The second kappa shape index (κ2) is 6.08. The van der Waals surface area contributed by atoms with E-state index in [9.17, 15) is 4.79 Å². The van der Waals surface area contributed by atoms with Crippen LogP contribution in [-0.2, 0) is 14.3 Å². The van der Waals surface area contributed by atoms with Crippen LogP contribution in [-0.4, -0.2) is 49.8 Å². The summed E-state index contributed by atoms with van der Waals surface area (Å²) in [6.45, 7) is 6.23. The minimum Gasteiger partial charge on any atom is -0.467 e. The van der Waals surface area contributed by atoms with Crippen molar-refractivity contribution in [2.45, 2.75) is 38.8 Å². The molecule has 0 radical (unpaired) electrons. The Morgan fingerprint density at radius 1 is 1.53 bits per heavy atom. The third kappa shape index (κ3) is 3.80. The van der Waals surface area contributed by atoms with Crippen LogP contribution in [0.15, 0.2) is 0 Å². The fourth-order valence-corrected chi connectivity index (χ4v) is 2.05. The van der Waals surface area contributed by atoms with Gasteiger partial charge < -0.3 is 9.47 Å². The van der Waals surface area contributed by atoms with Gasteiger partial charge in [-0.15, -0.1) is 0 Å². The highest BCUT2D eigenvalue weighted by molar-refractivity contribution is 5.70. The first-order valence-corrected chi connectivity index (χ1v) is 5.55. The predicted octanol–water partition coefficient (Wildman–Crippen LogP) is 1.05. The lowest BCUT2D eigenvalue weighted by atomic mass is 10.2. The topological polar surface area (TPSA) is 38.8 Å². The van der Waals surface area contributed by atoms with Crippen LogP contribution in [0.2, 0.25) is 0 Å². The van der Waals surface area contributed by atoms with Crippen LogP contribution in [0.3, 0.4) is 0 Å². The normalized spacial score (nSPS) is 22.3. The van der Waals surface area contributed by atoms with Gasteiger partial charge in [0.05, 0.1) is 13.7 Å². The number of nitrogens with zero attached hydrogens (tertiary/aromatic N) is 1. The van der Waals surface area contributed by atoms with Crippen LogP contribution in [0.1, 0.15) is 26.7 Å². The Morgan fingerprint density at radius 3 is 2.87 bits per heavy atom. The lowest BCUT2D eigenvalue weighted by Crippen LogP contribution is -2.38. The molecule has 0 bridgehead atoms. The van der Waals surface area contributed by atoms with E-state index in [-0.39, 0.29) is 12.6 Å². The maximum Gasteiger partial charge on any atom is 0.331 e. The van der Waals surface area contributed by atoms with Crippen LogP contribution in [0.4, 0.5) is 0 Å². The number of rotatable bonds is 5. The third-order valence-electron chi connectivity index (χ3n) is 2.84. The van der Waals surface area contributed by atoms with Gasteiger partial charge in [-0.05, 0) is 33.2 Å². The van der Waals surface area contributed by atoms with Crippen LogP contribution in [0.5, 0.6) is 0 Å². The Morgan fingerprint density at radius 2 is 2.27 bits per heavy atom. The molecule has 0 aromatic rings. The van der Waals surface area contributed by atoms with Gasteiger partial charge in [-0.3, -0.25) is 4.90 Å². The quantitative estimate of drug-likeness (QED) is 0.643. The summed E-state index contributed by atoms with van der Waals surface area (Å²) in [5.74, 6) is -0.302. The van der Waals surface area contributed by atoms with Crippen molar-refractivity contribution in [3.8, 4) is 0 Å². The summed E-state index contributed by atoms with van der Waals surface area (Å²) in [6, 6.07) is 1.02. The molecule has 1 fully saturated rings. The first-order valence-electron chi connectivity index (χ1n) is 5.55. The van der Waals surface area contributed by atoms with Gasteiger partial charge in [0.15, 0.2) is 0 Å². The van der Waals surface area contributed by atoms with Gasteiger partial charge in [-0.25, -0.2) is 4.79 Å². The number of carbonyl (C=O) groups excluding carboxylic acids is 1. The molecule has 0 N–H and O–H groups in total. The molecule has 0 aromatic carbocycles. The highest BCUT2D eigenvalue weighted by Crippen LogP contribution is 2.19. The molecule has 1 atom stereocenters. The number of hydrogen-bond donors (Lipinski definition) is 0. The van der Waals surface area contributed by atoms with E-state index in [1.165, 1.54) is 20.0 Å². The molecule has 4 nitrogen and oxygen atoms in total. The van der Waals surface area contributed by atoms with Crippen molar-refractivity contribution in [3.63, 3.8) is 0 Å². The van der Waals surface area contributed by atoms with E-state index in [2.05, 4.69) is 23.5 Å². The predicted molar refractivity (Wildman–Crippen MR) is 57.7 cm³/mol. The monoisotopic (exact) mass is 215 g/mol. The number of ether oxygens (including phenoxy) is 2. The minimum atomic E-state index is -0.302. The highest BCUT2D eigenvalue weighted by Gasteiger charge is 2.26. The van der Waals surface area contributed by atoms with Gasteiger partial charge in [0.2, 0.25) is 0 Å². The van der Waals surface area contributed by atoms with Crippen molar-refractivity contribution in [3.05, 3.63) is 0 Å². The zero-order valence-electron chi connectivity index (χ0n) is 9.86. The van der Waals surface area contributed by atoms with Crippen molar-refractivity contribution in [2.75, 3.05) is 26.9 Å². The summed E-state index contributed by atoms with van der Waals surface area (Å²) in [5.41, 5.74) is 0. The Labute approximate surface area is 91.5 Å². The van der Waals surface area contributed by atoms with Gasteiger partial charge in [0.25, 0.3) is 0 Å². The largest absolute Gasteiger partial charge is 0.467 e. The summed E-state index contributed by atoms with van der Waals surface area (Å²) in [7, 11) is 1.38. The molecule has 4 heteroatoms. The van der Waals surface area contributed by atoms with Gasteiger partial charge in [-0.1, -0.05) is 0 Å². The number of methoxy groups -OCH3 is 1. The standard InChI is InChI=1S/C11H21NO3/c1-9(2)12-6-4-5-10(12)7-15-8-11(13)14-3/h9-10H,4-8H2,1-3H3/t10-/m0/s1. The molecule has 0 spiro atoms. The minimum absolute atomic E-state index is 0.0684. The first kappa shape index (κ1) is 12.5. The molecule has 1 aliphatic rings. The average molecular weight is 215 g/mol. The number of hydrogen-bond acceptors (Lipinski definition) is 4. The van der Waals surface area contributed by atoms with Gasteiger partial charge >= 0.3 is 5.97 Å². The molecule has 1 saturated heterocycles. The lowest BCUT2D eigenvalue weighted by Gasteiger charge is -2.27. The third-order valence-corrected chi connectivity index (χ3v) is 2.84. The van der Waals surface area contributed by atoms with E-state index < -0.39 is 0 Å². The summed E-state index contributed by atoms with van der Waals surface area (Å²) in [4.78, 5) is 13.3. The van der Waals surface area contributed by atoms with Crippen LogP contribution in [0, 0.1) is 0 Å². The maximum atomic E-state index is 10.8. The summed E-state index contributed by atoms with van der Waals surface area (Å²) in [6.07, 6.45) is 2.39. The number of esters is 1. The van der Waals surface area contributed by atoms with Gasteiger partial charge in [0, 0.05) is 12.1 Å². The van der Waals surface area contributed by atoms with Gasteiger partial charge in [-0.2, -0.15) is 0 Å². The highest BCUT2D eigenvalue weighted by atomic mass is 16.6. The van der Waals surface area contributed by atoms with Crippen molar-refractivity contribution in [1.29, 1.82) is 0 Å². The Kier molecular flexibility index (Phi) is 5.05. The van der Waals surface area contributed by atoms with Crippen molar-refractivity contribution < 1.29 is 14.3 Å². The van der Waals surface area contributed by atoms with Gasteiger partial charge in [0.1, 0.15) is 6.61 Å². The zero-order valence-corrected chi connectivity index (χ0v) is 9.86. The molecule has 1 rings (SSSR count). The Balaban J connectivity index is 2.23. The molecular formula is C11H21NO3.